The van der Waals surface area contributed by atoms with E-state index in [4.69, 9.17) is 0 Å². The first-order chi connectivity index (χ1) is 20.2. The normalized spacial score (nSPS) is 13.4. The van der Waals surface area contributed by atoms with E-state index in [2.05, 4.69) is 5.32 Å². The molecular weight excluding hydrogens is 550 g/mol. The Kier molecular flexibility index (Phi) is 8.22. The van der Waals surface area contributed by atoms with Crippen LogP contribution in [0.5, 0.6) is 0 Å². The van der Waals surface area contributed by atoms with E-state index in [9.17, 15) is 24.3 Å². The molecule has 0 fully saturated rings. The van der Waals surface area contributed by atoms with Crippen LogP contribution in [0.3, 0.4) is 0 Å². The number of benzene rings is 3. The molecular formula is C33H31N3O5S. The number of carboxylic acids is 1. The molecule has 2 atom stereocenters. The monoisotopic (exact) mass is 581 g/mol. The van der Waals surface area contributed by atoms with Crippen LogP contribution in [0.15, 0.2) is 106 Å². The molecule has 5 rings (SSSR count). The molecule has 0 aliphatic heterocycles. The zero-order chi connectivity index (χ0) is 29.9. The van der Waals surface area contributed by atoms with Crippen molar-refractivity contribution in [3.63, 3.8) is 0 Å². The van der Waals surface area contributed by atoms with Crippen molar-refractivity contribution in [2.24, 2.45) is 7.05 Å². The molecule has 0 bridgehead atoms. The van der Waals surface area contributed by atoms with Gasteiger partial charge in [-0.15, -0.1) is 11.3 Å². The number of amides is 1. The molecule has 5 aromatic rings. The third-order valence-electron chi connectivity index (χ3n) is 7.83. The molecule has 0 saturated carbocycles. The number of thiophene rings is 1. The van der Waals surface area contributed by atoms with Gasteiger partial charge < -0.3 is 15.0 Å². The number of rotatable bonds is 10. The number of fused-ring (bicyclic) bond motifs is 1. The van der Waals surface area contributed by atoms with Crippen molar-refractivity contribution in [3.05, 3.63) is 133 Å². The standard InChI is InChI=1S/C33H31N3O5S/c1-3-33(21-24-13-9-19-42-24,23-11-5-4-6-12-23)31(40)34-27(30(38)39)20-22-10-7-15-26-25(22)14-8-16-28(26)36-29(37)17-18-35(2)32(36)41/h4-19,27H,3,20-21H2,1-2H3,(H,34,40)(H,38,39)/t27-,33-/m0/s1. The third-order valence-corrected chi connectivity index (χ3v) is 8.71. The van der Waals surface area contributed by atoms with Gasteiger partial charge in [-0.1, -0.05) is 73.7 Å². The lowest BCUT2D eigenvalue weighted by Gasteiger charge is -2.33. The van der Waals surface area contributed by atoms with Crippen molar-refractivity contribution >= 4 is 34.0 Å². The number of carboxylic acid groups (broad SMARTS) is 1. The summed E-state index contributed by atoms with van der Waals surface area (Å²) in [4.78, 5) is 53.2. The molecule has 0 spiro atoms. The highest BCUT2D eigenvalue weighted by Crippen LogP contribution is 2.34. The maximum absolute atomic E-state index is 14.1. The average molecular weight is 582 g/mol. The second kappa shape index (κ2) is 12.0. The summed E-state index contributed by atoms with van der Waals surface area (Å²) in [5, 5.41) is 16.4. The zero-order valence-corrected chi connectivity index (χ0v) is 24.1. The molecule has 1 amide bonds. The number of carbonyl (C=O) groups is 2. The van der Waals surface area contributed by atoms with Crippen LogP contribution in [0.25, 0.3) is 16.5 Å². The predicted octanol–water partition coefficient (Wildman–Crippen LogP) is 4.45. The first-order valence-electron chi connectivity index (χ1n) is 13.7. The van der Waals surface area contributed by atoms with Crippen LogP contribution < -0.4 is 16.6 Å². The van der Waals surface area contributed by atoms with Crippen LogP contribution in [0.4, 0.5) is 0 Å². The van der Waals surface area contributed by atoms with Gasteiger partial charge in [0.15, 0.2) is 0 Å². The zero-order valence-electron chi connectivity index (χ0n) is 23.3. The van der Waals surface area contributed by atoms with E-state index in [0.717, 1.165) is 15.0 Å². The molecule has 42 heavy (non-hydrogen) atoms. The summed E-state index contributed by atoms with van der Waals surface area (Å²) in [5.74, 6) is -1.50. The highest BCUT2D eigenvalue weighted by Gasteiger charge is 2.40. The van der Waals surface area contributed by atoms with Gasteiger partial charge in [0.25, 0.3) is 5.56 Å². The van der Waals surface area contributed by atoms with E-state index in [-0.39, 0.29) is 12.3 Å². The molecule has 8 nitrogen and oxygen atoms in total. The quantitative estimate of drug-likeness (QED) is 0.253. The summed E-state index contributed by atoms with van der Waals surface area (Å²) in [6.07, 6.45) is 2.35. The van der Waals surface area contributed by atoms with Crippen LogP contribution in [-0.4, -0.2) is 32.2 Å². The summed E-state index contributed by atoms with van der Waals surface area (Å²) >= 11 is 1.56. The highest BCUT2D eigenvalue weighted by atomic mass is 32.1. The van der Waals surface area contributed by atoms with E-state index in [1.54, 1.807) is 48.7 Å². The van der Waals surface area contributed by atoms with Crippen LogP contribution in [-0.2, 0) is 34.9 Å². The second-order valence-electron chi connectivity index (χ2n) is 10.3. The van der Waals surface area contributed by atoms with Crippen LogP contribution in [0.1, 0.15) is 29.3 Å². The largest absolute Gasteiger partial charge is 0.480 e. The molecule has 0 radical (unpaired) electrons. The lowest BCUT2D eigenvalue weighted by molar-refractivity contribution is -0.142. The van der Waals surface area contributed by atoms with Gasteiger partial charge in [-0.25, -0.2) is 14.2 Å². The Morgan fingerprint density at radius 1 is 0.929 bits per heavy atom. The molecule has 2 aromatic heterocycles. The number of aryl methyl sites for hydroxylation is 1. The molecule has 214 valence electrons. The number of nitrogens with zero attached hydrogens (tertiary/aromatic N) is 2. The SMILES string of the molecule is CC[C@@](Cc1cccs1)(C(=O)N[C@@H](Cc1cccc2c(-n3c(=O)ccn(C)c3=O)cccc12)C(=O)O)c1ccccc1. The fraction of sp³-hybridized carbons (Fsp3) is 0.212. The van der Waals surface area contributed by atoms with Crippen LogP contribution in [0, 0.1) is 0 Å². The van der Waals surface area contributed by atoms with Crippen molar-refractivity contribution < 1.29 is 14.7 Å². The smallest absolute Gasteiger partial charge is 0.335 e. The molecule has 0 saturated heterocycles. The van der Waals surface area contributed by atoms with Crippen molar-refractivity contribution in [2.45, 2.75) is 37.6 Å². The van der Waals surface area contributed by atoms with E-state index >= 15 is 0 Å². The average Bonchev–Trinajstić information content (AvgIpc) is 3.51. The van der Waals surface area contributed by atoms with Crippen molar-refractivity contribution in [1.82, 2.24) is 14.5 Å². The molecule has 2 N–H and O–H groups in total. The minimum atomic E-state index is -1.21. The minimum absolute atomic E-state index is 0.0111. The van der Waals surface area contributed by atoms with Gasteiger partial charge in [-0.3, -0.25) is 9.59 Å². The molecule has 0 aliphatic carbocycles. The van der Waals surface area contributed by atoms with Gasteiger partial charge in [-0.05, 0) is 40.4 Å². The Labute approximate surface area is 246 Å². The molecule has 0 aliphatic rings. The van der Waals surface area contributed by atoms with E-state index in [1.165, 1.54) is 16.8 Å². The number of hydrogen-bond donors (Lipinski definition) is 2. The Morgan fingerprint density at radius 2 is 1.67 bits per heavy atom. The van der Waals surface area contributed by atoms with Crippen molar-refractivity contribution in [2.75, 3.05) is 0 Å². The van der Waals surface area contributed by atoms with Gasteiger partial charge in [0.1, 0.15) is 6.04 Å². The number of carbonyl (C=O) groups excluding carboxylic acids is 1. The lowest BCUT2D eigenvalue weighted by Crippen LogP contribution is -2.52. The highest BCUT2D eigenvalue weighted by molar-refractivity contribution is 7.09. The van der Waals surface area contributed by atoms with Gasteiger partial charge in [0.05, 0.1) is 11.1 Å². The summed E-state index contributed by atoms with van der Waals surface area (Å²) in [5.41, 5.74) is -0.00945. The summed E-state index contributed by atoms with van der Waals surface area (Å²) in [7, 11) is 1.57. The number of aliphatic carboxylic acids is 1. The van der Waals surface area contributed by atoms with Gasteiger partial charge in [-0.2, -0.15) is 0 Å². The van der Waals surface area contributed by atoms with Crippen molar-refractivity contribution in [1.29, 1.82) is 0 Å². The maximum atomic E-state index is 14.1. The lowest BCUT2D eigenvalue weighted by atomic mass is 9.74. The fourth-order valence-electron chi connectivity index (χ4n) is 5.51. The molecule has 3 aromatic carbocycles. The number of nitrogens with one attached hydrogen (secondary N) is 1. The van der Waals surface area contributed by atoms with Crippen molar-refractivity contribution in [3.8, 4) is 5.69 Å². The van der Waals surface area contributed by atoms with Crippen LogP contribution >= 0.6 is 11.3 Å². The first-order valence-corrected chi connectivity index (χ1v) is 14.5. The number of hydrogen-bond acceptors (Lipinski definition) is 5. The molecule has 2 heterocycles. The van der Waals surface area contributed by atoms with E-state index in [1.807, 2.05) is 60.8 Å². The Hall–Kier alpha value is -4.76. The molecule has 0 unspecified atom stereocenters. The van der Waals surface area contributed by atoms with Gasteiger partial charge >= 0.3 is 11.7 Å². The van der Waals surface area contributed by atoms with E-state index in [0.29, 0.717) is 34.9 Å². The second-order valence-corrected chi connectivity index (χ2v) is 11.3. The topological polar surface area (TPSA) is 110 Å². The predicted molar refractivity (Wildman–Crippen MR) is 164 cm³/mol. The van der Waals surface area contributed by atoms with Gasteiger partial charge in [0.2, 0.25) is 5.91 Å². The minimum Gasteiger partial charge on any atom is -0.480 e. The Balaban J connectivity index is 1.53. The summed E-state index contributed by atoms with van der Waals surface area (Å²) in [6, 6.07) is 24.1. The molecule has 9 heteroatoms. The Morgan fingerprint density at radius 3 is 2.36 bits per heavy atom. The van der Waals surface area contributed by atoms with E-state index < -0.39 is 28.7 Å². The first kappa shape index (κ1) is 28.8. The van der Waals surface area contributed by atoms with Gasteiger partial charge in [0, 0.05) is 42.4 Å². The third kappa shape index (κ3) is 5.43. The fourth-order valence-corrected chi connectivity index (χ4v) is 6.33. The Bertz CT molecular complexity index is 1860. The van der Waals surface area contributed by atoms with Crippen LogP contribution in [0.2, 0.25) is 0 Å². The number of aromatic nitrogens is 2. The summed E-state index contributed by atoms with van der Waals surface area (Å²) in [6.45, 7) is 1.94. The summed E-state index contributed by atoms with van der Waals surface area (Å²) < 4.78 is 2.42. The maximum Gasteiger partial charge on any atom is 0.335 e.